The summed E-state index contributed by atoms with van der Waals surface area (Å²) >= 11 is 0. The first-order chi connectivity index (χ1) is 15.9. The minimum Gasteiger partial charge on any atom is -0.494 e. The van der Waals surface area contributed by atoms with Crippen LogP contribution >= 0.6 is 0 Å². The third-order valence-electron chi connectivity index (χ3n) is 5.25. The Morgan fingerprint density at radius 3 is 2.52 bits per heavy atom. The van der Waals surface area contributed by atoms with Crippen molar-refractivity contribution in [1.29, 1.82) is 5.26 Å². The number of halogens is 1. The number of piperazine rings is 1. The molecule has 10 heteroatoms. The molecule has 3 aromatic rings. The Balaban J connectivity index is 1.48. The highest BCUT2D eigenvalue weighted by Crippen LogP contribution is 2.30. The van der Waals surface area contributed by atoms with Crippen molar-refractivity contribution in [3.8, 4) is 23.3 Å². The second kappa shape index (κ2) is 9.60. The molecule has 0 aliphatic carbocycles. The number of hydrogen-bond donors (Lipinski definition) is 0. The average Bonchev–Trinajstić information content (AvgIpc) is 3.28. The summed E-state index contributed by atoms with van der Waals surface area (Å²) in [5, 5.41) is 9.55. The molecule has 2 aromatic carbocycles. The van der Waals surface area contributed by atoms with Gasteiger partial charge in [-0.3, -0.25) is 0 Å². The van der Waals surface area contributed by atoms with Crippen molar-refractivity contribution >= 4 is 15.9 Å². The summed E-state index contributed by atoms with van der Waals surface area (Å²) in [6, 6.07) is 14.3. The van der Waals surface area contributed by atoms with Gasteiger partial charge in [-0.15, -0.1) is 0 Å². The molecule has 0 N–H and O–H groups in total. The van der Waals surface area contributed by atoms with Gasteiger partial charge in [0.1, 0.15) is 17.6 Å². The van der Waals surface area contributed by atoms with E-state index in [1.807, 2.05) is 31.2 Å². The lowest BCUT2D eigenvalue weighted by molar-refractivity contribution is 0.317. The zero-order chi connectivity index (χ0) is 23.4. The number of oxazole rings is 1. The molecule has 1 aliphatic rings. The van der Waals surface area contributed by atoms with Crippen molar-refractivity contribution in [3.05, 3.63) is 60.0 Å². The second-order valence-electron chi connectivity index (χ2n) is 7.51. The van der Waals surface area contributed by atoms with Gasteiger partial charge in [-0.1, -0.05) is 13.0 Å². The summed E-state index contributed by atoms with van der Waals surface area (Å²) in [5.74, 6) is 0.746. The molecule has 0 saturated carbocycles. The zero-order valence-corrected chi connectivity index (χ0v) is 18.9. The van der Waals surface area contributed by atoms with E-state index < -0.39 is 15.8 Å². The number of anilines is 1. The van der Waals surface area contributed by atoms with E-state index in [9.17, 15) is 18.1 Å². The molecule has 0 atom stereocenters. The van der Waals surface area contributed by atoms with Gasteiger partial charge >= 0.3 is 0 Å². The summed E-state index contributed by atoms with van der Waals surface area (Å²) in [6.45, 7) is 3.61. The summed E-state index contributed by atoms with van der Waals surface area (Å²) in [4.78, 5) is 6.02. The Morgan fingerprint density at radius 1 is 1.15 bits per heavy atom. The molecule has 172 valence electrons. The summed E-state index contributed by atoms with van der Waals surface area (Å²) < 4.78 is 52.0. The van der Waals surface area contributed by atoms with Crippen LogP contribution in [0.2, 0.25) is 0 Å². The van der Waals surface area contributed by atoms with Gasteiger partial charge in [-0.25, -0.2) is 12.8 Å². The standard InChI is InChI=1S/C23H23FN4O4S/c1-2-14-31-19-8-6-17(7-9-19)22-26-21(16-25)23(32-22)27-10-12-28(13-11-27)33(29,30)20-5-3-4-18(24)15-20/h3-9,15H,2,10-14H2,1H3. The fraction of sp³-hybridized carbons (Fsp3) is 0.304. The van der Waals surface area contributed by atoms with Crippen molar-refractivity contribution in [3.63, 3.8) is 0 Å². The van der Waals surface area contributed by atoms with Gasteiger partial charge in [-0.2, -0.15) is 14.6 Å². The predicted octanol–water partition coefficient (Wildman–Crippen LogP) is 3.65. The number of nitrogens with zero attached hydrogens (tertiary/aromatic N) is 4. The SMILES string of the molecule is CCCOc1ccc(-c2nc(C#N)c(N3CCN(S(=O)(=O)c4cccc(F)c4)CC3)o2)cc1. The molecule has 4 rings (SSSR count). The lowest BCUT2D eigenvalue weighted by Crippen LogP contribution is -2.48. The smallest absolute Gasteiger partial charge is 0.243 e. The maximum absolute atomic E-state index is 13.5. The van der Waals surface area contributed by atoms with Crippen LogP contribution in [0.25, 0.3) is 11.5 Å². The van der Waals surface area contributed by atoms with Crippen LogP contribution < -0.4 is 9.64 Å². The maximum Gasteiger partial charge on any atom is 0.243 e. The van der Waals surface area contributed by atoms with Gasteiger partial charge in [-0.05, 0) is 48.9 Å². The van der Waals surface area contributed by atoms with E-state index in [0.717, 1.165) is 18.2 Å². The van der Waals surface area contributed by atoms with Gasteiger partial charge in [0.05, 0.1) is 11.5 Å². The molecule has 2 heterocycles. The third kappa shape index (κ3) is 4.84. The molecule has 0 bridgehead atoms. The van der Waals surface area contributed by atoms with E-state index in [-0.39, 0.29) is 23.7 Å². The van der Waals surface area contributed by atoms with Crippen LogP contribution in [0.4, 0.5) is 10.3 Å². The minimum absolute atomic E-state index is 0.0815. The molecule has 33 heavy (non-hydrogen) atoms. The summed E-state index contributed by atoms with van der Waals surface area (Å²) in [7, 11) is -3.81. The molecule has 1 aliphatic heterocycles. The third-order valence-corrected chi connectivity index (χ3v) is 7.14. The van der Waals surface area contributed by atoms with Gasteiger partial charge < -0.3 is 14.1 Å². The van der Waals surface area contributed by atoms with Gasteiger partial charge in [0.2, 0.25) is 27.5 Å². The number of aromatic nitrogens is 1. The van der Waals surface area contributed by atoms with Crippen molar-refractivity contribution in [2.24, 2.45) is 0 Å². The van der Waals surface area contributed by atoms with Crippen molar-refractivity contribution < 1.29 is 22.0 Å². The number of rotatable bonds is 7. The van der Waals surface area contributed by atoms with Gasteiger partial charge in [0.25, 0.3) is 0 Å². The van der Waals surface area contributed by atoms with Crippen molar-refractivity contribution in [2.45, 2.75) is 18.2 Å². The summed E-state index contributed by atoms with van der Waals surface area (Å²) in [5.41, 5.74) is 0.840. The first kappa shape index (κ1) is 22.8. The quantitative estimate of drug-likeness (QED) is 0.520. The van der Waals surface area contributed by atoms with E-state index in [4.69, 9.17) is 9.15 Å². The Kier molecular flexibility index (Phi) is 6.62. The average molecular weight is 471 g/mol. The normalized spacial score (nSPS) is 14.8. The van der Waals surface area contributed by atoms with Crippen LogP contribution in [0, 0.1) is 17.1 Å². The van der Waals surface area contributed by atoms with Gasteiger partial charge in [0.15, 0.2) is 0 Å². The highest BCUT2D eigenvalue weighted by molar-refractivity contribution is 7.89. The van der Waals surface area contributed by atoms with Crippen molar-refractivity contribution in [1.82, 2.24) is 9.29 Å². The fourth-order valence-corrected chi connectivity index (χ4v) is 5.00. The van der Waals surface area contributed by atoms with Crippen LogP contribution in [-0.4, -0.2) is 50.5 Å². The van der Waals surface area contributed by atoms with E-state index in [0.29, 0.717) is 37.0 Å². The van der Waals surface area contributed by atoms with Crippen LogP contribution in [0.15, 0.2) is 57.8 Å². The Bertz CT molecular complexity index is 1260. The van der Waals surface area contributed by atoms with Crippen LogP contribution in [0.1, 0.15) is 19.0 Å². The number of benzene rings is 2. The molecule has 1 saturated heterocycles. The molecule has 0 spiro atoms. The molecular formula is C23H23FN4O4S. The van der Waals surface area contributed by atoms with E-state index in [1.165, 1.54) is 22.5 Å². The second-order valence-corrected chi connectivity index (χ2v) is 9.44. The van der Waals surface area contributed by atoms with E-state index in [1.54, 1.807) is 4.90 Å². The highest BCUT2D eigenvalue weighted by Gasteiger charge is 2.31. The molecule has 8 nitrogen and oxygen atoms in total. The first-order valence-corrected chi connectivity index (χ1v) is 12.0. The Morgan fingerprint density at radius 2 is 1.88 bits per heavy atom. The topological polar surface area (TPSA) is 99.7 Å². The number of nitriles is 1. The lowest BCUT2D eigenvalue weighted by Gasteiger charge is -2.33. The minimum atomic E-state index is -3.81. The van der Waals surface area contributed by atoms with Crippen molar-refractivity contribution in [2.75, 3.05) is 37.7 Å². The Labute approximate surface area is 191 Å². The maximum atomic E-state index is 13.5. The lowest BCUT2D eigenvalue weighted by atomic mass is 10.2. The molecular weight excluding hydrogens is 447 g/mol. The largest absolute Gasteiger partial charge is 0.494 e. The molecule has 0 unspecified atom stereocenters. The molecule has 1 aromatic heterocycles. The summed E-state index contributed by atoms with van der Waals surface area (Å²) in [6.07, 6.45) is 0.910. The van der Waals surface area contributed by atoms with Crippen LogP contribution in [0.3, 0.4) is 0 Å². The van der Waals surface area contributed by atoms with E-state index >= 15 is 0 Å². The first-order valence-electron chi connectivity index (χ1n) is 10.6. The number of ether oxygens (including phenoxy) is 1. The number of sulfonamides is 1. The van der Waals surface area contributed by atoms with Crippen LogP contribution in [-0.2, 0) is 10.0 Å². The number of hydrogen-bond acceptors (Lipinski definition) is 7. The van der Waals surface area contributed by atoms with E-state index in [2.05, 4.69) is 11.1 Å². The molecule has 0 radical (unpaired) electrons. The molecule has 0 amide bonds. The Hall–Kier alpha value is -3.42. The van der Waals surface area contributed by atoms with Crippen LogP contribution in [0.5, 0.6) is 5.75 Å². The predicted molar refractivity (Wildman–Crippen MR) is 120 cm³/mol. The monoisotopic (exact) mass is 470 g/mol. The zero-order valence-electron chi connectivity index (χ0n) is 18.1. The highest BCUT2D eigenvalue weighted by atomic mass is 32.2. The van der Waals surface area contributed by atoms with Gasteiger partial charge in [0, 0.05) is 31.7 Å². The fourth-order valence-electron chi connectivity index (χ4n) is 3.54. The molecule has 1 fully saturated rings.